The molecule has 3 rings (SSSR count). The molecule has 174 valence electrons. The van der Waals surface area contributed by atoms with Crippen molar-refractivity contribution in [2.75, 3.05) is 18.1 Å². The van der Waals surface area contributed by atoms with E-state index in [9.17, 15) is 4.79 Å². The van der Waals surface area contributed by atoms with Gasteiger partial charge in [0.15, 0.2) is 0 Å². The van der Waals surface area contributed by atoms with Crippen molar-refractivity contribution in [2.45, 2.75) is 30.7 Å². The number of thioether (sulfide) groups is 1. The summed E-state index contributed by atoms with van der Waals surface area (Å²) in [4.78, 5) is 12.5. The van der Waals surface area contributed by atoms with Crippen molar-refractivity contribution in [2.24, 2.45) is 5.73 Å². The number of amides is 1. The summed E-state index contributed by atoms with van der Waals surface area (Å²) in [5, 5.41) is 2.75. The van der Waals surface area contributed by atoms with Gasteiger partial charge in [0.25, 0.3) is 14.2 Å². The minimum absolute atomic E-state index is 0.102. The number of anilines is 1. The standard InChI is InChI=1S/C25H28BrClN2O2SSi/c1-25(2,3)33(17-10-6-4-7-11-17,18-12-8-5-9-13-18)31-14-15-32-23-21(26)20(27)16-19(22(23)28)24(29)30/h4-13,16H,14-15,28H2,1-3H3,(H2,29,30). The van der Waals surface area contributed by atoms with Crippen LogP contribution >= 0.6 is 39.3 Å². The van der Waals surface area contributed by atoms with Crippen LogP contribution in [-0.2, 0) is 4.43 Å². The van der Waals surface area contributed by atoms with Gasteiger partial charge >= 0.3 is 0 Å². The number of benzene rings is 3. The fourth-order valence-electron chi connectivity index (χ4n) is 4.06. The highest BCUT2D eigenvalue weighted by Crippen LogP contribution is 2.41. The molecule has 0 unspecified atom stereocenters. The van der Waals surface area contributed by atoms with Gasteiger partial charge in [0.05, 0.1) is 20.7 Å². The van der Waals surface area contributed by atoms with Gasteiger partial charge in [-0.2, -0.15) is 0 Å². The van der Waals surface area contributed by atoms with Crippen molar-refractivity contribution in [3.63, 3.8) is 0 Å². The van der Waals surface area contributed by atoms with Crippen LogP contribution in [0.3, 0.4) is 0 Å². The Kier molecular flexibility index (Phi) is 8.34. The van der Waals surface area contributed by atoms with E-state index in [2.05, 4.69) is 85.2 Å². The summed E-state index contributed by atoms with van der Waals surface area (Å²) in [5.74, 6) is 0.0265. The lowest BCUT2D eigenvalue weighted by atomic mass is 10.2. The highest BCUT2D eigenvalue weighted by molar-refractivity contribution is 9.10. The van der Waals surface area contributed by atoms with E-state index in [0.29, 0.717) is 32.4 Å². The average Bonchev–Trinajstić information content (AvgIpc) is 2.78. The second-order valence-electron chi connectivity index (χ2n) is 8.69. The number of hydrogen-bond donors (Lipinski definition) is 2. The van der Waals surface area contributed by atoms with Crippen LogP contribution in [-0.4, -0.2) is 26.6 Å². The molecule has 1 amide bonds. The zero-order valence-corrected chi connectivity index (χ0v) is 23.1. The van der Waals surface area contributed by atoms with E-state index in [1.165, 1.54) is 28.2 Å². The lowest BCUT2D eigenvalue weighted by Gasteiger charge is -2.43. The maximum absolute atomic E-state index is 11.8. The van der Waals surface area contributed by atoms with Gasteiger partial charge in [0.2, 0.25) is 0 Å². The van der Waals surface area contributed by atoms with Gasteiger partial charge in [-0.15, -0.1) is 11.8 Å². The fourth-order valence-corrected chi connectivity index (χ4v) is 10.6. The molecule has 0 saturated carbocycles. The van der Waals surface area contributed by atoms with E-state index in [1.807, 2.05) is 12.1 Å². The number of carbonyl (C=O) groups excluding carboxylic acids is 1. The summed E-state index contributed by atoms with van der Waals surface area (Å²) < 4.78 is 7.57. The molecule has 4 nitrogen and oxygen atoms in total. The number of carbonyl (C=O) groups is 1. The molecule has 0 fully saturated rings. The number of hydrogen-bond acceptors (Lipinski definition) is 4. The highest BCUT2D eigenvalue weighted by atomic mass is 79.9. The first-order valence-electron chi connectivity index (χ1n) is 10.5. The molecule has 0 atom stereocenters. The molecule has 4 N–H and O–H groups in total. The van der Waals surface area contributed by atoms with Crippen LogP contribution in [0.2, 0.25) is 10.1 Å². The SMILES string of the molecule is CC(C)(C)[Si](OCCSc1c(N)c(C(N)=O)cc(Cl)c1Br)(c1ccccc1)c1ccccc1. The van der Waals surface area contributed by atoms with Gasteiger partial charge in [0, 0.05) is 17.3 Å². The van der Waals surface area contributed by atoms with Crippen LogP contribution in [0.4, 0.5) is 5.69 Å². The third-order valence-electron chi connectivity index (χ3n) is 5.55. The van der Waals surface area contributed by atoms with Gasteiger partial charge in [0.1, 0.15) is 0 Å². The number of rotatable bonds is 8. The van der Waals surface area contributed by atoms with Gasteiger partial charge in [-0.1, -0.05) is 93.0 Å². The van der Waals surface area contributed by atoms with Crippen LogP contribution in [0.25, 0.3) is 0 Å². The topological polar surface area (TPSA) is 78.3 Å². The van der Waals surface area contributed by atoms with E-state index < -0.39 is 14.2 Å². The van der Waals surface area contributed by atoms with Gasteiger partial charge in [-0.3, -0.25) is 4.79 Å². The molecule has 0 radical (unpaired) electrons. The van der Waals surface area contributed by atoms with Gasteiger partial charge in [-0.25, -0.2) is 0 Å². The molecule has 0 aliphatic heterocycles. The zero-order valence-electron chi connectivity index (χ0n) is 18.9. The maximum Gasteiger partial charge on any atom is 0.261 e. The van der Waals surface area contributed by atoms with Crippen LogP contribution in [0.1, 0.15) is 31.1 Å². The molecule has 0 aliphatic rings. The first-order valence-corrected chi connectivity index (χ1v) is 14.6. The smallest absolute Gasteiger partial charge is 0.261 e. The van der Waals surface area contributed by atoms with Crippen molar-refractivity contribution in [3.05, 3.63) is 81.8 Å². The van der Waals surface area contributed by atoms with E-state index in [1.54, 1.807) is 0 Å². The van der Waals surface area contributed by atoms with Crippen molar-refractivity contribution < 1.29 is 9.22 Å². The molecule has 3 aromatic carbocycles. The van der Waals surface area contributed by atoms with Crippen molar-refractivity contribution in [3.8, 4) is 0 Å². The van der Waals surface area contributed by atoms with Crippen LogP contribution in [0.5, 0.6) is 0 Å². The number of primary amides is 1. The number of halogens is 2. The molecular formula is C25H28BrClN2O2SSi. The Balaban J connectivity index is 1.92. The molecule has 8 heteroatoms. The molecule has 0 aliphatic carbocycles. The van der Waals surface area contributed by atoms with E-state index in [0.717, 1.165) is 0 Å². The monoisotopic (exact) mass is 562 g/mol. The summed E-state index contributed by atoms with van der Waals surface area (Å²) in [5.41, 5.74) is 12.2. The number of nitrogens with two attached hydrogens (primary N) is 2. The Morgan fingerprint density at radius 3 is 2.03 bits per heavy atom. The Morgan fingerprint density at radius 2 is 1.58 bits per heavy atom. The van der Waals surface area contributed by atoms with Crippen LogP contribution in [0, 0.1) is 0 Å². The summed E-state index contributed by atoms with van der Waals surface area (Å²) >= 11 is 11.3. The third kappa shape index (κ3) is 5.33. The van der Waals surface area contributed by atoms with Gasteiger partial charge < -0.3 is 15.9 Å². The normalized spacial score (nSPS) is 12.0. The van der Waals surface area contributed by atoms with Crippen molar-refractivity contribution >= 4 is 69.6 Å². The summed E-state index contributed by atoms with van der Waals surface area (Å²) in [7, 11) is -2.61. The van der Waals surface area contributed by atoms with Crippen molar-refractivity contribution in [1.82, 2.24) is 0 Å². The predicted octanol–water partition coefficient (Wildman–Crippen LogP) is 5.45. The molecule has 0 heterocycles. The molecule has 0 spiro atoms. The van der Waals surface area contributed by atoms with E-state index in [4.69, 9.17) is 27.5 Å². The Hall–Kier alpha value is -1.77. The molecule has 0 bridgehead atoms. The Morgan fingerprint density at radius 1 is 1.06 bits per heavy atom. The molecule has 33 heavy (non-hydrogen) atoms. The third-order valence-corrected chi connectivity index (χ3v) is 13.3. The highest BCUT2D eigenvalue weighted by Gasteiger charge is 2.49. The van der Waals surface area contributed by atoms with E-state index in [-0.39, 0.29) is 10.6 Å². The van der Waals surface area contributed by atoms with Crippen LogP contribution < -0.4 is 21.8 Å². The minimum Gasteiger partial charge on any atom is -0.407 e. The second kappa shape index (κ2) is 10.7. The maximum atomic E-state index is 11.8. The molecule has 0 saturated heterocycles. The molecule has 3 aromatic rings. The minimum atomic E-state index is -2.61. The quantitative estimate of drug-likeness (QED) is 0.165. The average molecular weight is 564 g/mol. The predicted molar refractivity (Wildman–Crippen MR) is 146 cm³/mol. The first kappa shape index (κ1) is 25.8. The Bertz CT molecular complexity index is 1090. The number of nitrogen functional groups attached to an aromatic ring is 1. The summed E-state index contributed by atoms with van der Waals surface area (Å²) in [6.07, 6.45) is 0. The fraction of sp³-hybridized carbons (Fsp3) is 0.240. The molecular weight excluding hydrogens is 536 g/mol. The van der Waals surface area contributed by atoms with E-state index >= 15 is 0 Å². The van der Waals surface area contributed by atoms with Crippen molar-refractivity contribution in [1.29, 1.82) is 0 Å². The lowest BCUT2D eigenvalue weighted by molar-refractivity contribution is 0.100. The second-order valence-corrected chi connectivity index (χ2v) is 15.3. The van der Waals surface area contributed by atoms with Crippen LogP contribution in [0.15, 0.2) is 76.1 Å². The first-order chi connectivity index (χ1) is 15.6. The largest absolute Gasteiger partial charge is 0.407 e. The Labute approximate surface area is 214 Å². The summed E-state index contributed by atoms with van der Waals surface area (Å²) in [6, 6.07) is 22.5. The lowest BCUT2D eigenvalue weighted by Crippen LogP contribution is -2.66. The summed E-state index contributed by atoms with van der Waals surface area (Å²) in [6.45, 7) is 7.24. The molecule has 0 aromatic heterocycles. The zero-order chi connectivity index (χ0) is 24.2. The van der Waals surface area contributed by atoms with Gasteiger partial charge in [-0.05, 0) is 37.4 Å².